The summed E-state index contributed by atoms with van der Waals surface area (Å²) in [6.07, 6.45) is 0. The summed E-state index contributed by atoms with van der Waals surface area (Å²) >= 11 is 0. The number of nitrogens with one attached hydrogen (secondary N) is 1. The Bertz CT molecular complexity index is 558. The first-order chi connectivity index (χ1) is 9.01. The predicted molar refractivity (Wildman–Crippen MR) is 78.5 cm³/mol. The summed E-state index contributed by atoms with van der Waals surface area (Å²) in [5.74, 6) is 0.877. The van der Waals surface area contributed by atoms with Crippen molar-refractivity contribution in [3.63, 3.8) is 0 Å². The standard InChI is InChI=1S/C16H21NO2/c1-16(2,18)11-17-10-14-13-7-5-4-6-12(13)8-9-15(14)19-3/h4-9,17-18H,10-11H2,1-3H3. The van der Waals surface area contributed by atoms with Gasteiger partial charge in [-0.3, -0.25) is 0 Å². The molecule has 0 bridgehead atoms. The Balaban J connectivity index is 2.29. The lowest BCUT2D eigenvalue weighted by Gasteiger charge is -2.19. The molecule has 0 aliphatic rings. The van der Waals surface area contributed by atoms with Gasteiger partial charge in [0.2, 0.25) is 0 Å². The van der Waals surface area contributed by atoms with Crippen LogP contribution in [0.3, 0.4) is 0 Å². The number of ether oxygens (including phenoxy) is 1. The molecule has 0 aromatic heterocycles. The van der Waals surface area contributed by atoms with Crippen LogP contribution in [0.1, 0.15) is 19.4 Å². The predicted octanol–water partition coefficient (Wildman–Crippen LogP) is 2.71. The minimum atomic E-state index is -0.710. The molecule has 0 saturated carbocycles. The maximum absolute atomic E-state index is 9.74. The summed E-state index contributed by atoms with van der Waals surface area (Å²) in [6.45, 7) is 4.80. The Morgan fingerprint density at radius 2 is 1.89 bits per heavy atom. The number of hydrogen-bond acceptors (Lipinski definition) is 3. The normalized spacial score (nSPS) is 11.8. The van der Waals surface area contributed by atoms with Crippen molar-refractivity contribution in [3.05, 3.63) is 42.0 Å². The Morgan fingerprint density at radius 3 is 2.58 bits per heavy atom. The van der Waals surface area contributed by atoms with Crippen molar-refractivity contribution >= 4 is 10.8 Å². The smallest absolute Gasteiger partial charge is 0.123 e. The van der Waals surface area contributed by atoms with Gasteiger partial charge in [0.1, 0.15) is 5.75 Å². The third-order valence-corrected chi connectivity index (χ3v) is 3.08. The first-order valence-corrected chi connectivity index (χ1v) is 6.49. The third-order valence-electron chi connectivity index (χ3n) is 3.08. The van der Waals surface area contributed by atoms with E-state index >= 15 is 0 Å². The molecule has 0 spiro atoms. The van der Waals surface area contributed by atoms with Crippen molar-refractivity contribution in [3.8, 4) is 5.75 Å². The molecular formula is C16H21NO2. The highest BCUT2D eigenvalue weighted by molar-refractivity contribution is 5.87. The largest absolute Gasteiger partial charge is 0.496 e. The summed E-state index contributed by atoms with van der Waals surface area (Å²) in [6, 6.07) is 12.3. The van der Waals surface area contributed by atoms with Crippen LogP contribution in [0.5, 0.6) is 5.75 Å². The molecule has 102 valence electrons. The van der Waals surface area contributed by atoms with Gasteiger partial charge >= 0.3 is 0 Å². The number of fused-ring (bicyclic) bond motifs is 1. The fourth-order valence-electron chi connectivity index (χ4n) is 2.18. The lowest BCUT2D eigenvalue weighted by Crippen LogP contribution is -2.34. The number of aliphatic hydroxyl groups is 1. The van der Waals surface area contributed by atoms with Crippen LogP contribution in [0.15, 0.2) is 36.4 Å². The number of hydrogen-bond donors (Lipinski definition) is 2. The van der Waals surface area contributed by atoms with Crippen LogP contribution in [-0.4, -0.2) is 24.4 Å². The Hall–Kier alpha value is -1.58. The van der Waals surface area contributed by atoms with Gasteiger partial charge < -0.3 is 15.2 Å². The molecular weight excluding hydrogens is 238 g/mol. The van der Waals surface area contributed by atoms with E-state index in [1.165, 1.54) is 10.8 Å². The van der Waals surface area contributed by atoms with Crippen molar-refractivity contribution in [1.29, 1.82) is 0 Å². The molecule has 19 heavy (non-hydrogen) atoms. The lowest BCUT2D eigenvalue weighted by atomic mass is 10.0. The third kappa shape index (κ3) is 3.46. The second-order valence-corrected chi connectivity index (χ2v) is 5.38. The Labute approximate surface area is 114 Å². The quantitative estimate of drug-likeness (QED) is 0.867. The maximum Gasteiger partial charge on any atom is 0.123 e. The van der Waals surface area contributed by atoms with Gasteiger partial charge in [0.25, 0.3) is 0 Å². The zero-order chi connectivity index (χ0) is 13.9. The van der Waals surface area contributed by atoms with Crippen LogP contribution in [-0.2, 0) is 6.54 Å². The van der Waals surface area contributed by atoms with Crippen molar-refractivity contribution in [2.75, 3.05) is 13.7 Å². The Morgan fingerprint density at radius 1 is 1.16 bits per heavy atom. The molecule has 0 radical (unpaired) electrons. The van der Waals surface area contributed by atoms with Gasteiger partial charge in [-0.25, -0.2) is 0 Å². The first kappa shape index (κ1) is 13.8. The summed E-state index contributed by atoms with van der Waals surface area (Å²) in [7, 11) is 1.68. The van der Waals surface area contributed by atoms with Gasteiger partial charge in [0.05, 0.1) is 12.7 Å². The summed E-state index contributed by atoms with van der Waals surface area (Å²) < 4.78 is 5.43. The molecule has 0 atom stereocenters. The maximum atomic E-state index is 9.74. The van der Waals surface area contributed by atoms with Gasteiger partial charge in [-0.15, -0.1) is 0 Å². The highest BCUT2D eigenvalue weighted by atomic mass is 16.5. The molecule has 0 fully saturated rings. The van der Waals surface area contributed by atoms with Gasteiger partial charge in [0.15, 0.2) is 0 Å². The zero-order valence-corrected chi connectivity index (χ0v) is 11.7. The second kappa shape index (κ2) is 5.59. The van der Waals surface area contributed by atoms with Gasteiger partial charge in [-0.2, -0.15) is 0 Å². The fraction of sp³-hybridized carbons (Fsp3) is 0.375. The van der Waals surface area contributed by atoms with Crippen LogP contribution >= 0.6 is 0 Å². The van der Waals surface area contributed by atoms with E-state index in [9.17, 15) is 5.11 Å². The van der Waals surface area contributed by atoms with E-state index in [4.69, 9.17) is 4.74 Å². The monoisotopic (exact) mass is 259 g/mol. The molecule has 3 heteroatoms. The van der Waals surface area contributed by atoms with E-state index in [-0.39, 0.29) is 0 Å². The molecule has 0 saturated heterocycles. The molecule has 2 aromatic rings. The fourth-order valence-corrected chi connectivity index (χ4v) is 2.18. The van der Waals surface area contributed by atoms with E-state index in [2.05, 4.69) is 23.5 Å². The molecule has 0 heterocycles. The Kier molecular flexibility index (Phi) is 4.08. The highest BCUT2D eigenvalue weighted by Crippen LogP contribution is 2.27. The second-order valence-electron chi connectivity index (χ2n) is 5.38. The van der Waals surface area contributed by atoms with E-state index in [0.717, 1.165) is 11.3 Å². The highest BCUT2D eigenvalue weighted by Gasteiger charge is 2.13. The van der Waals surface area contributed by atoms with E-state index in [0.29, 0.717) is 13.1 Å². The minimum absolute atomic E-state index is 0.541. The van der Waals surface area contributed by atoms with Crippen molar-refractivity contribution in [2.24, 2.45) is 0 Å². The summed E-state index contributed by atoms with van der Waals surface area (Å²) in [5.41, 5.74) is 0.419. The molecule has 0 aliphatic heterocycles. The lowest BCUT2D eigenvalue weighted by molar-refractivity contribution is 0.0794. The molecule has 3 nitrogen and oxygen atoms in total. The van der Waals surface area contributed by atoms with Gasteiger partial charge in [-0.05, 0) is 30.7 Å². The van der Waals surface area contributed by atoms with Crippen molar-refractivity contribution in [2.45, 2.75) is 26.0 Å². The zero-order valence-electron chi connectivity index (χ0n) is 11.7. The van der Waals surface area contributed by atoms with Crippen molar-refractivity contribution < 1.29 is 9.84 Å². The van der Waals surface area contributed by atoms with Crippen LogP contribution in [0.25, 0.3) is 10.8 Å². The van der Waals surface area contributed by atoms with Crippen LogP contribution in [0.2, 0.25) is 0 Å². The summed E-state index contributed by atoms with van der Waals surface area (Å²) in [5, 5.41) is 15.4. The molecule has 0 amide bonds. The number of rotatable bonds is 5. The molecule has 0 unspecified atom stereocenters. The molecule has 2 N–H and O–H groups in total. The van der Waals surface area contributed by atoms with Crippen molar-refractivity contribution in [1.82, 2.24) is 5.32 Å². The average Bonchev–Trinajstić information content (AvgIpc) is 2.37. The number of methoxy groups -OCH3 is 1. The minimum Gasteiger partial charge on any atom is -0.496 e. The van der Waals surface area contributed by atoms with E-state index in [1.807, 2.05) is 18.2 Å². The molecule has 2 aromatic carbocycles. The topological polar surface area (TPSA) is 41.5 Å². The first-order valence-electron chi connectivity index (χ1n) is 6.49. The van der Waals surface area contributed by atoms with Crippen LogP contribution < -0.4 is 10.1 Å². The number of benzene rings is 2. The SMILES string of the molecule is COc1ccc2ccccc2c1CNCC(C)(C)O. The van der Waals surface area contributed by atoms with Crippen LogP contribution in [0, 0.1) is 0 Å². The van der Waals surface area contributed by atoms with E-state index < -0.39 is 5.60 Å². The van der Waals surface area contributed by atoms with Gasteiger partial charge in [-0.1, -0.05) is 30.3 Å². The van der Waals surface area contributed by atoms with Gasteiger partial charge in [0, 0.05) is 18.7 Å². The summed E-state index contributed by atoms with van der Waals surface area (Å²) in [4.78, 5) is 0. The molecule has 0 aliphatic carbocycles. The average molecular weight is 259 g/mol. The molecule has 2 rings (SSSR count). The van der Waals surface area contributed by atoms with E-state index in [1.54, 1.807) is 21.0 Å². The van der Waals surface area contributed by atoms with Crippen LogP contribution in [0.4, 0.5) is 0 Å².